The smallest absolute Gasteiger partial charge is 0.201 e. The van der Waals surface area contributed by atoms with Crippen LogP contribution in [0.5, 0.6) is 0 Å². The van der Waals surface area contributed by atoms with Crippen molar-refractivity contribution in [3.63, 3.8) is 0 Å². The van der Waals surface area contributed by atoms with E-state index in [0.29, 0.717) is 18.1 Å². The number of aryl methyl sites for hydroxylation is 1. The second kappa shape index (κ2) is 7.65. The molecule has 3 aromatic rings. The van der Waals surface area contributed by atoms with Gasteiger partial charge in [0.2, 0.25) is 5.84 Å². The average molecular weight is 365 g/mol. The Kier molecular flexibility index (Phi) is 4.91. The maximum atomic E-state index is 5.90. The Morgan fingerprint density at radius 3 is 2.74 bits per heavy atom. The number of benzene rings is 2. The lowest BCUT2D eigenvalue weighted by Crippen LogP contribution is -2.37. The molecular formula is C20H23N5O2. The quantitative estimate of drug-likeness (QED) is 0.432. The lowest BCUT2D eigenvalue weighted by molar-refractivity contribution is 0.125. The molecule has 0 bridgehead atoms. The first-order chi connectivity index (χ1) is 13.2. The molecule has 1 fully saturated rings. The number of likely N-dealkylation sites (tertiary alicyclic amines) is 1. The molecule has 7 heteroatoms. The Hall–Kier alpha value is -3.09. The summed E-state index contributed by atoms with van der Waals surface area (Å²) in [6, 6.07) is 12.5. The molecule has 1 aromatic heterocycles. The molecule has 0 atom stereocenters. The standard InChI is InChI=1S/C20H23N5O2/c1-14-9-10-15-7-3-4-8-16(15)17(14)13-26-24-20(18-19(21)23-27-22-18)25-11-5-2-6-12-25/h3-4,7-10H,2,5-6,11-13H2,1H3,(H2,21,23)/b24-20+. The van der Waals surface area contributed by atoms with Gasteiger partial charge in [-0.1, -0.05) is 41.6 Å². The Balaban J connectivity index is 1.61. The summed E-state index contributed by atoms with van der Waals surface area (Å²) in [6.07, 6.45) is 3.42. The predicted molar refractivity (Wildman–Crippen MR) is 104 cm³/mol. The summed E-state index contributed by atoms with van der Waals surface area (Å²) in [5.74, 6) is 0.815. The van der Waals surface area contributed by atoms with Gasteiger partial charge in [0.1, 0.15) is 6.61 Å². The molecule has 0 saturated carbocycles. The molecular weight excluding hydrogens is 342 g/mol. The van der Waals surface area contributed by atoms with Gasteiger partial charge in [-0.2, -0.15) is 0 Å². The highest BCUT2D eigenvalue weighted by molar-refractivity contribution is 6.00. The van der Waals surface area contributed by atoms with Gasteiger partial charge in [-0.25, -0.2) is 4.63 Å². The van der Waals surface area contributed by atoms with E-state index in [0.717, 1.165) is 31.5 Å². The lowest BCUT2D eigenvalue weighted by Gasteiger charge is -2.28. The Bertz CT molecular complexity index is 960. The molecule has 1 aliphatic rings. The van der Waals surface area contributed by atoms with E-state index >= 15 is 0 Å². The van der Waals surface area contributed by atoms with Gasteiger partial charge in [-0.3, -0.25) is 0 Å². The number of rotatable bonds is 4. The van der Waals surface area contributed by atoms with Crippen molar-refractivity contribution in [2.24, 2.45) is 5.16 Å². The molecule has 2 N–H and O–H groups in total. The predicted octanol–water partition coefficient (Wildman–Crippen LogP) is 3.48. The van der Waals surface area contributed by atoms with Gasteiger partial charge in [-0.05, 0) is 52.8 Å². The molecule has 0 amide bonds. The highest BCUT2D eigenvalue weighted by Crippen LogP contribution is 2.23. The lowest BCUT2D eigenvalue weighted by atomic mass is 10.0. The van der Waals surface area contributed by atoms with Gasteiger partial charge in [-0.15, -0.1) is 0 Å². The molecule has 1 saturated heterocycles. The van der Waals surface area contributed by atoms with Crippen molar-refractivity contribution in [1.82, 2.24) is 15.2 Å². The van der Waals surface area contributed by atoms with Crippen molar-refractivity contribution >= 4 is 22.4 Å². The third-order valence-electron chi connectivity index (χ3n) is 5.02. The summed E-state index contributed by atoms with van der Waals surface area (Å²) in [4.78, 5) is 7.92. The Labute approximate surface area is 157 Å². The third kappa shape index (κ3) is 3.58. The van der Waals surface area contributed by atoms with Crippen molar-refractivity contribution < 1.29 is 9.47 Å². The first-order valence-electron chi connectivity index (χ1n) is 9.24. The fourth-order valence-electron chi connectivity index (χ4n) is 3.50. The number of nitrogen functional groups attached to an aromatic ring is 1. The van der Waals surface area contributed by atoms with Gasteiger partial charge in [0.15, 0.2) is 11.5 Å². The Morgan fingerprint density at radius 2 is 1.96 bits per heavy atom. The largest absolute Gasteiger partial charge is 0.389 e. The summed E-state index contributed by atoms with van der Waals surface area (Å²) < 4.78 is 4.77. The molecule has 2 aromatic carbocycles. The van der Waals surface area contributed by atoms with Crippen molar-refractivity contribution in [1.29, 1.82) is 0 Å². The van der Waals surface area contributed by atoms with E-state index < -0.39 is 0 Å². The first kappa shape index (κ1) is 17.3. The number of amidine groups is 1. The number of piperidine rings is 1. The number of fused-ring (bicyclic) bond motifs is 1. The number of oxime groups is 1. The molecule has 27 heavy (non-hydrogen) atoms. The van der Waals surface area contributed by atoms with Crippen LogP contribution in [0.15, 0.2) is 46.2 Å². The molecule has 0 unspecified atom stereocenters. The molecule has 0 radical (unpaired) electrons. The number of nitrogens with two attached hydrogens (primary N) is 1. The minimum Gasteiger partial charge on any atom is -0.389 e. The third-order valence-corrected chi connectivity index (χ3v) is 5.02. The van der Waals surface area contributed by atoms with E-state index in [2.05, 4.69) is 51.6 Å². The van der Waals surface area contributed by atoms with Gasteiger partial charge in [0.05, 0.1) is 0 Å². The van der Waals surface area contributed by atoms with Crippen molar-refractivity contribution in [2.45, 2.75) is 32.8 Å². The number of hydrogen-bond acceptors (Lipinski definition) is 6. The Morgan fingerprint density at radius 1 is 1.15 bits per heavy atom. The zero-order chi connectivity index (χ0) is 18.6. The minimum atomic E-state index is 0.226. The van der Waals surface area contributed by atoms with Crippen LogP contribution in [0.1, 0.15) is 36.1 Å². The van der Waals surface area contributed by atoms with E-state index in [4.69, 9.17) is 15.2 Å². The van der Waals surface area contributed by atoms with Crippen LogP contribution in [0, 0.1) is 6.92 Å². The number of anilines is 1. The summed E-state index contributed by atoms with van der Waals surface area (Å²) in [5.41, 5.74) is 8.63. The van der Waals surface area contributed by atoms with Crippen molar-refractivity contribution in [3.8, 4) is 0 Å². The van der Waals surface area contributed by atoms with Gasteiger partial charge < -0.3 is 15.5 Å². The van der Waals surface area contributed by atoms with Gasteiger partial charge in [0.25, 0.3) is 0 Å². The van der Waals surface area contributed by atoms with Crippen LogP contribution in [-0.2, 0) is 11.4 Å². The summed E-state index contributed by atoms with van der Waals surface area (Å²) in [6.45, 7) is 4.24. The molecule has 140 valence electrons. The molecule has 2 heterocycles. The minimum absolute atomic E-state index is 0.226. The summed E-state index contributed by atoms with van der Waals surface area (Å²) in [5, 5.41) is 14.4. The fourth-order valence-corrected chi connectivity index (χ4v) is 3.50. The zero-order valence-corrected chi connectivity index (χ0v) is 15.4. The number of aromatic nitrogens is 2. The SMILES string of the molecule is Cc1ccc2ccccc2c1CO/N=C(\c1nonc1N)N1CCCCC1. The second-order valence-electron chi connectivity index (χ2n) is 6.82. The van der Waals surface area contributed by atoms with E-state index in [-0.39, 0.29) is 5.82 Å². The first-order valence-corrected chi connectivity index (χ1v) is 9.24. The van der Waals surface area contributed by atoms with Crippen LogP contribution in [0.3, 0.4) is 0 Å². The summed E-state index contributed by atoms with van der Waals surface area (Å²) in [7, 11) is 0. The highest BCUT2D eigenvalue weighted by Gasteiger charge is 2.23. The molecule has 1 aliphatic heterocycles. The van der Waals surface area contributed by atoms with E-state index in [1.807, 2.05) is 12.1 Å². The van der Waals surface area contributed by atoms with Crippen molar-refractivity contribution in [2.75, 3.05) is 18.8 Å². The molecule has 4 rings (SSSR count). The molecule has 0 aliphatic carbocycles. The number of hydrogen-bond donors (Lipinski definition) is 1. The zero-order valence-electron chi connectivity index (χ0n) is 15.4. The monoisotopic (exact) mass is 365 g/mol. The van der Waals surface area contributed by atoms with Crippen LogP contribution >= 0.6 is 0 Å². The molecule has 7 nitrogen and oxygen atoms in total. The van der Waals surface area contributed by atoms with Gasteiger partial charge >= 0.3 is 0 Å². The average Bonchev–Trinajstić information content (AvgIpc) is 3.13. The van der Waals surface area contributed by atoms with Crippen molar-refractivity contribution in [3.05, 3.63) is 53.2 Å². The van der Waals surface area contributed by atoms with E-state index in [1.165, 1.54) is 22.8 Å². The number of nitrogens with zero attached hydrogens (tertiary/aromatic N) is 4. The maximum Gasteiger partial charge on any atom is 0.201 e. The molecule has 0 spiro atoms. The van der Waals surface area contributed by atoms with Crippen LogP contribution in [0.2, 0.25) is 0 Å². The normalized spacial score (nSPS) is 15.3. The maximum absolute atomic E-state index is 5.90. The summed E-state index contributed by atoms with van der Waals surface area (Å²) >= 11 is 0. The van der Waals surface area contributed by atoms with E-state index in [9.17, 15) is 0 Å². The van der Waals surface area contributed by atoms with Crippen LogP contribution in [0.25, 0.3) is 10.8 Å². The van der Waals surface area contributed by atoms with Crippen LogP contribution in [0.4, 0.5) is 5.82 Å². The second-order valence-corrected chi connectivity index (χ2v) is 6.82. The highest BCUT2D eigenvalue weighted by atomic mass is 16.6. The van der Waals surface area contributed by atoms with Crippen LogP contribution in [-0.4, -0.2) is 34.1 Å². The van der Waals surface area contributed by atoms with Gasteiger partial charge in [0, 0.05) is 18.7 Å². The topological polar surface area (TPSA) is 89.8 Å². The van der Waals surface area contributed by atoms with Crippen LogP contribution < -0.4 is 5.73 Å². The fraction of sp³-hybridized carbons (Fsp3) is 0.350. The van der Waals surface area contributed by atoms with E-state index in [1.54, 1.807) is 0 Å².